The van der Waals surface area contributed by atoms with Crippen LogP contribution in [0.2, 0.25) is 0 Å². The summed E-state index contributed by atoms with van der Waals surface area (Å²) in [5.74, 6) is -5.02. The van der Waals surface area contributed by atoms with Crippen molar-refractivity contribution >= 4 is 5.97 Å². The molecule has 0 saturated carbocycles. The van der Waals surface area contributed by atoms with Gasteiger partial charge in [0.05, 0.1) is 12.2 Å². The predicted molar refractivity (Wildman–Crippen MR) is 60.7 cm³/mol. The highest BCUT2D eigenvalue weighted by atomic mass is 19.2. The molecular formula is C13H15F3O2. The zero-order chi connectivity index (χ0) is 13.7. The molecule has 2 nitrogen and oxygen atoms in total. The van der Waals surface area contributed by atoms with Crippen LogP contribution in [0.25, 0.3) is 0 Å². The Kier molecular flexibility index (Phi) is 5.19. The molecular weight excluding hydrogens is 245 g/mol. The van der Waals surface area contributed by atoms with Crippen molar-refractivity contribution in [1.29, 1.82) is 0 Å². The van der Waals surface area contributed by atoms with Crippen LogP contribution in [-0.2, 0) is 4.74 Å². The van der Waals surface area contributed by atoms with Crippen molar-refractivity contribution in [3.63, 3.8) is 0 Å². The van der Waals surface area contributed by atoms with E-state index in [9.17, 15) is 18.0 Å². The molecule has 0 unspecified atom stereocenters. The smallest absolute Gasteiger partial charge is 0.338 e. The monoisotopic (exact) mass is 260 g/mol. The molecule has 0 atom stereocenters. The summed E-state index contributed by atoms with van der Waals surface area (Å²) in [5.41, 5.74) is -0.322. The molecule has 100 valence electrons. The first-order chi connectivity index (χ1) is 8.49. The van der Waals surface area contributed by atoms with Crippen molar-refractivity contribution in [3.05, 3.63) is 35.1 Å². The molecule has 0 aliphatic rings. The lowest BCUT2D eigenvalue weighted by atomic mass is 10.1. The number of esters is 1. The lowest BCUT2D eigenvalue weighted by molar-refractivity contribution is 0.0432. The van der Waals surface area contributed by atoms with E-state index >= 15 is 0 Å². The van der Waals surface area contributed by atoms with E-state index in [1.807, 2.05) is 13.8 Å². The number of rotatable bonds is 5. The van der Waals surface area contributed by atoms with Crippen LogP contribution in [0, 0.1) is 23.4 Å². The number of hydrogen-bond acceptors (Lipinski definition) is 2. The summed E-state index contributed by atoms with van der Waals surface area (Å²) in [6, 6.07) is 1.27. The summed E-state index contributed by atoms with van der Waals surface area (Å²) >= 11 is 0. The van der Waals surface area contributed by atoms with Gasteiger partial charge in [0.1, 0.15) is 0 Å². The van der Waals surface area contributed by atoms with Gasteiger partial charge in [0.25, 0.3) is 0 Å². The summed E-state index contributed by atoms with van der Waals surface area (Å²) in [6.07, 6.45) is 1.69. The summed E-state index contributed by atoms with van der Waals surface area (Å²) in [5, 5.41) is 0. The fourth-order valence-corrected chi connectivity index (χ4v) is 1.47. The SMILES string of the molecule is CCC(CC)COC(=O)c1cc(F)c(F)c(F)c1. The Labute approximate surface area is 104 Å². The van der Waals surface area contributed by atoms with Crippen molar-refractivity contribution in [1.82, 2.24) is 0 Å². The molecule has 1 aromatic carbocycles. The highest BCUT2D eigenvalue weighted by Crippen LogP contribution is 2.15. The van der Waals surface area contributed by atoms with E-state index in [0.29, 0.717) is 12.1 Å². The Bertz CT molecular complexity index is 405. The average Bonchev–Trinajstić information content (AvgIpc) is 2.36. The van der Waals surface area contributed by atoms with Gasteiger partial charge in [-0.25, -0.2) is 18.0 Å². The van der Waals surface area contributed by atoms with Crippen molar-refractivity contribution < 1.29 is 22.7 Å². The predicted octanol–water partition coefficient (Wildman–Crippen LogP) is 3.70. The van der Waals surface area contributed by atoms with Crippen molar-refractivity contribution in [2.45, 2.75) is 26.7 Å². The summed E-state index contributed by atoms with van der Waals surface area (Å²) in [7, 11) is 0. The van der Waals surface area contributed by atoms with Crippen molar-refractivity contribution in [2.24, 2.45) is 5.92 Å². The molecule has 0 aliphatic carbocycles. The van der Waals surface area contributed by atoms with Crippen LogP contribution in [0.15, 0.2) is 12.1 Å². The standard InChI is InChI=1S/C13H15F3O2/c1-3-8(4-2)7-18-13(17)9-5-10(14)12(16)11(15)6-9/h5-6,8H,3-4,7H2,1-2H3. The minimum absolute atomic E-state index is 0.187. The van der Waals surface area contributed by atoms with Gasteiger partial charge in [0, 0.05) is 0 Å². The number of carbonyl (C=O) groups is 1. The number of ether oxygens (including phenoxy) is 1. The lowest BCUT2D eigenvalue weighted by Gasteiger charge is -2.12. The maximum Gasteiger partial charge on any atom is 0.338 e. The topological polar surface area (TPSA) is 26.3 Å². The molecule has 0 heterocycles. The number of carbonyl (C=O) groups excluding carboxylic acids is 1. The number of halogens is 3. The molecule has 18 heavy (non-hydrogen) atoms. The van der Waals surface area contributed by atoms with Gasteiger partial charge in [-0.1, -0.05) is 26.7 Å². The molecule has 5 heteroatoms. The van der Waals surface area contributed by atoms with Crippen LogP contribution in [0.1, 0.15) is 37.0 Å². The Balaban J connectivity index is 2.73. The molecule has 0 saturated heterocycles. The molecule has 0 aliphatic heterocycles. The Morgan fingerprint density at radius 2 is 1.67 bits per heavy atom. The van der Waals surface area contributed by atoms with E-state index < -0.39 is 23.4 Å². The minimum atomic E-state index is -1.59. The molecule has 0 bridgehead atoms. The molecule has 1 rings (SSSR count). The first-order valence-corrected chi connectivity index (χ1v) is 5.81. The average molecular weight is 260 g/mol. The van der Waals surface area contributed by atoms with E-state index in [2.05, 4.69) is 0 Å². The summed E-state index contributed by atoms with van der Waals surface area (Å²) in [4.78, 5) is 11.5. The largest absolute Gasteiger partial charge is 0.462 e. The Morgan fingerprint density at radius 1 is 1.17 bits per heavy atom. The van der Waals surface area contributed by atoms with Gasteiger partial charge in [0.15, 0.2) is 17.5 Å². The molecule has 0 fully saturated rings. The first-order valence-electron chi connectivity index (χ1n) is 5.81. The van der Waals surface area contributed by atoms with Crippen LogP contribution in [0.5, 0.6) is 0 Å². The Hall–Kier alpha value is -1.52. The van der Waals surface area contributed by atoms with Crippen LogP contribution in [-0.4, -0.2) is 12.6 Å². The number of hydrogen-bond donors (Lipinski definition) is 0. The lowest BCUT2D eigenvalue weighted by Crippen LogP contribution is -2.14. The zero-order valence-corrected chi connectivity index (χ0v) is 10.3. The van der Waals surface area contributed by atoms with E-state index in [1.54, 1.807) is 0 Å². The highest BCUT2D eigenvalue weighted by Gasteiger charge is 2.16. The Morgan fingerprint density at radius 3 is 2.11 bits per heavy atom. The van der Waals surface area contributed by atoms with Crippen molar-refractivity contribution in [2.75, 3.05) is 6.61 Å². The summed E-state index contributed by atoms with van der Waals surface area (Å²) in [6.45, 7) is 4.10. The molecule has 0 spiro atoms. The molecule has 0 aromatic heterocycles. The third kappa shape index (κ3) is 3.48. The second-order valence-electron chi connectivity index (χ2n) is 4.03. The van der Waals surface area contributed by atoms with Gasteiger partial charge in [-0.05, 0) is 18.1 Å². The normalized spacial score (nSPS) is 10.8. The maximum atomic E-state index is 12.9. The number of benzene rings is 1. The van der Waals surface area contributed by atoms with E-state index in [0.717, 1.165) is 12.8 Å². The zero-order valence-electron chi connectivity index (χ0n) is 10.3. The molecule has 1 aromatic rings. The van der Waals surface area contributed by atoms with Crippen molar-refractivity contribution in [3.8, 4) is 0 Å². The first kappa shape index (κ1) is 14.5. The van der Waals surface area contributed by atoms with Gasteiger partial charge < -0.3 is 4.74 Å². The minimum Gasteiger partial charge on any atom is -0.462 e. The fraction of sp³-hybridized carbons (Fsp3) is 0.462. The van der Waals surface area contributed by atoms with E-state index in [4.69, 9.17) is 4.74 Å². The third-order valence-corrected chi connectivity index (χ3v) is 2.82. The second kappa shape index (κ2) is 6.42. The van der Waals surface area contributed by atoms with Crippen LogP contribution in [0.3, 0.4) is 0 Å². The van der Waals surface area contributed by atoms with Gasteiger partial charge in [0.2, 0.25) is 0 Å². The molecule has 0 amide bonds. The van der Waals surface area contributed by atoms with Gasteiger partial charge in [-0.15, -0.1) is 0 Å². The van der Waals surface area contributed by atoms with Gasteiger partial charge in [-0.2, -0.15) is 0 Å². The summed E-state index contributed by atoms with van der Waals surface area (Å²) < 4.78 is 43.4. The van der Waals surface area contributed by atoms with Gasteiger partial charge in [-0.3, -0.25) is 0 Å². The van der Waals surface area contributed by atoms with E-state index in [1.165, 1.54) is 0 Å². The second-order valence-corrected chi connectivity index (χ2v) is 4.03. The molecule has 0 N–H and O–H groups in total. The van der Waals surface area contributed by atoms with E-state index in [-0.39, 0.29) is 18.1 Å². The fourth-order valence-electron chi connectivity index (χ4n) is 1.47. The van der Waals surface area contributed by atoms with Crippen LogP contribution in [0.4, 0.5) is 13.2 Å². The maximum absolute atomic E-state index is 12.9. The molecule has 0 radical (unpaired) electrons. The third-order valence-electron chi connectivity index (χ3n) is 2.82. The van der Waals surface area contributed by atoms with Crippen LogP contribution >= 0.6 is 0 Å². The highest BCUT2D eigenvalue weighted by molar-refractivity contribution is 5.89. The quantitative estimate of drug-likeness (QED) is 0.596. The van der Waals surface area contributed by atoms with Crippen LogP contribution < -0.4 is 0 Å². The van der Waals surface area contributed by atoms with Gasteiger partial charge >= 0.3 is 5.97 Å².